The molecule has 7 heteroatoms. The average Bonchev–Trinajstić information content (AvgIpc) is 2.79. The van der Waals surface area contributed by atoms with Crippen LogP contribution in [0.5, 0.6) is 0 Å². The third-order valence-corrected chi connectivity index (χ3v) is 2.87. The molecule has 0 unspecified atom stereocenters. The lowest BCUT2D eigenvalue weighted by Gasteiger charge is -2.10. The number of carbonyl (C=O) groups excluding carboxylic acids is 1. The molecule has 1 heterocycles. The van der Waals surface area contributed by atoms with Gasteiger partial charge in [-0.2, -0.15) is 13.2 Å². The fourth-order valence-corrected chi connectivity index (χ4v) is 1.80. The summed E-state index contributed by atoms with van der Waals surface area (Å²) in [5.74, 6) is 4.46. The number of nitrogens with zero attached hydrogens (tertiary/aromatic N) is 1. The zero-order chi connectivity index (χ0) is 14.8. The summed E-state index contributed by atoms with van der Waals surface area (Å²) in [5.41, 5.74) is -0.400. The molecule has 1 aromatic heterocycles. The first-order valence-corrected chi connectivity index (χ1v) is 5.94. The average molecular weight is 286 g/mol. The molecule has 0 aromatic carbocycles. The van der Waals surface area contributed by atoms with Gasteiger partial charge in [0.2, 0.25) is 0 Å². The van der Waals surface area contributed by atoms with Crippen LogP contribution in [0, 0.1) is 0 Å². The minimum atomic E-state index is -4.55. The lowest BCUT2D eigenvalue weighted by Crippen LogP contribution is -2.18. The third kappa shape index (κ3) is 3.23. The highest BCUT2D eigenvalue weighted by Gasteiger charge is 2.33. The van der Waals surface area contributed by atoms with Crippen LogP contribution in [0.3, 0.4) is 0 Å². The molecule has 0 atom stereocenters. The van der Waals surface area contributed by atoms with Gasteiger partial charge in [-0.25, -0.2) is 4.79 Å². The van der Waals surface area contributed by atoms with E-state index in [1.165, 1.54) is 0 Å². The molecule has 0 aliphatic heterocycles. The van der Waals surface area contributed by atoms with Crippen LogP contribution in [0.4, 0.5) is 13.2 Å². The van der Waals surface area contributed by atoms with Gasteiger partial charge in [0.1, 0.15) is 12.3 Å². The van der Waals surface area contributed by atoms with Gasteiger partial charge in [0.05, 0.1) is 5.56 Å². The standard InChI is InChI=1S/C13H13F3N2O2/c14-13(15,16)10-6-11(18(17)7-10)12(19)20-8-9-4-2-1-3-5-9/h1-2,4,6-7H,3,5,8,17H2. The van der Waals surface area contributed by atoms with E-state index in [1.807, 2.05) is 18.2 Å². The van der Waals surface area contributed by atoms with Crippen molar-refractivity contribution in [2.45, 2.75) is 19.0 Å². The van der Waals surface area contributed by atoms with Gasteiger partial charge >= 0.3 is 12.1 Å². The van der Waals surface area contributed by atoms with Crippen LogP contribution >= 0.6 is 0 Å². The van der Waals surface area contributed by atoms with E-state index in [9.17, 15) is 18.0 Å². The van der Waals surface area contributed by atoms with Crippen LogP contribution in [-0.4, -0.2) is 17.3 Å². The zero-order valence-electron chi connectivity index (χ0n) is 10.5. The predicted molar refractivity (Wildman–Crippen MR) is 66.3 cm³/mol. The Morgan fingerprint density at radius 2 is 2.20 bits per heavy atom. The maximum absolute atomic E-state index is 12.5. The van der Waals surface area contributed by atoms with E-state index < -0.39 is 17.7 Å². The lowest BCUT2D eigenvalue weighted by atomic mass is 10.1. The van der Waals surface area contributed by atoms with E-state index in [4.69, 9.17) is 10.6 Å². The SMILES string of the molecule is Nn1cc(C(F)(F)F)cc1C(=O)OCC1=CC=CCC1. The summed E-state index contributed by atoms with van der Waals surface area (Å²) in [6, 6.07) is 0.678. The van der Waals surface area contributed by atoms with Crippen molar-refractivity contribution in [3.05, 3.63) is 47.3 Å². The van der Waals surface area contributed by atoms with Crippen molar-refractivity contribution in [2.75, 3.05) is 12.4 Å². The number of allylic oxidation sites excluding steroid dienone is 3. The second-order valence-electron chi connectivity index (χ2n) is 4.39. The molecule has 1 aromatic rings. The first kappa shape index (κ1) is 14.2. The highest BCUT2D eigenvalue weighted by atomic mass is 19.4. The molecule has 1 aliphatic carbocycles. The molecule has 2 rings (SSSR count). The number of carbonyl (C=O) groups is 1. The number of esters is 1. The normalized spacial score (nSPS) is 15.1. The van der Waals surface area contributed by atoms with Gasteiger partial charge in [-0.3, -0.25) is 4.68 Å². The van der Waals surface area contributed by atoms with Gasteiger partial charge in [0, 0.05) is 6.20 Å². The smallest absolute Gasteiger partial charge is 0.417 e. The van der Waals surface area contributed by atoms with E-state index in [0.29, 0.717) is 16.9 Å². The first-order chi connectivity index (χ1) is 9.38. The topological polar surface area (TPSA) is 57.2 Å². The highest BCUT2D eigenvalue weighted by Crippen LogP contribution is 2.30. The van der Waals surface area contributed by atoms with Gasteiger partial charge in [0.25, 0.3) is 0 Å². The molecule has 0 fully saturated rings. The molecule has 108 valence electrons. The number of rotatable bonds is 3. The Morgan fingerprint density at radius 1 is 1.45 bits per heavy atom. The second kappa shape index (κ2) is 5.44. The fraction of sp³-hybridized carbons (Fsp3) is 0.308. The van der Waals surface area contributed by atoms with E-state index in [-0.39, 0.29) is 12.3 Å². The molecule has 0 spiro atoms. The Balaban J connectivity index is 2.04. The maximum Gasteiger partial charge on any atom is 0.417 e. The van der Waals surface area contributed by atoms with Crippen molar-refractivity contribution >= 4 is 5.97 Å². The van der Waals surface area contributed by atoms with E-state index in [2.05, 4.69) is 0 Å². The Labute approximate surface area is 113 Å². The largest absolute Gasteiger partial charge is 0.456 e. The number of nitrogens with two attached hydrogens (primary N) is 1. The molecule has 2 N–H and O–H groups in total. The third-order valence-electron chi connectivity index (χ3n) is 2.87. The number of ether oxygens (including phenoxy) is 1. The van der Waals surface area contributed by atoms with Crippen molar-refractivity contribution in [3.63, 3.8) is 0 Å². The molecule has 4 nitrogen and oxygen atoms in total. The van der Waals surface area contributed by atoms with Crippen LogP contribution < -0.4 is 5.84 Å². The van der Waals surface area contributed by atoms with Crippen LogP contribution in [0.25, 0.3) is 0 Å². The first-order valence-electron chi connectivity index (χ1n) is 5.94. The molecule has 0 saturated heterocycles. The summed E-state index contributed by atoms with van der Waals surface area (Å²) in [5, 5.41) is 0. The van der Waals surface area contributed by atoms with Crippen LogP contribution in [0.2, 0.25) is 0 Å². The van der Waals surface area contributed by atoms with E-state index >= 15 is 0 Å². The van der Waals surface area contributed by atoms with Crippen molar-refractivity contribution in [2.24, 2.45) is 0 Å². The highest BCUT2D eigenvalue weighted by molar-refractivity contribution is 5.88. The van der Waals surface area contributed by atoms with Crippen LogP contribution in [-0.2, 0) is 10.9 Å². The Hall–Kier alpha value is -2.18. The number of hydrogen-bond acceptors (Lipinski definition) is 3. The Morgan fingerprint density at radius 3 is 2.75 bits per heavy atom. The van der Waals surface area contributed by atoms with Crippen molar-refractivity contribution < 1.29 is 22.7 Å². The lowest BCUT2D eigenvalue weighted by molar-refractivity contribution is -0.137. The monoisotopic (exact) mass is 286 g/mol. The van der Waals surface area contributed by atoms with Crippen molar-refractivity contribution in [1.82, 2.24) is 4.68 Å². The zero-order valence-corrected chi connectivity index (χ0v) is 10.5. The number of halogens is 3. The summed E-state index contributed by atoms with van der Waals surface area (Å²) in [6.45, 7) is 0.0513. The number of aromatic nitrogens is 1. The summed E-state index contributed by atoms with van der Waals surface area (Å²) >= 11 is 0. The number of hydrogen-bond donors (Lipinski definition) is 1. The summed E-state index contributed by atoms with van der Waals surface area (Å²) in [6.07, 6.45) is 3.37. The minimum Gasteiger partial charge on any atom is -0.456 e. The van der Waals surface area contributed by atoms with E-state index in [1.54, 1.807) is 0 Å². The summed E-state index contributed by atoms with van der Waals surface area (Å²) in [4.78, 5) is 11.7. The van der Waals surface area contributed by atoms with Gasteiger partial charge in [-0.15, -0.1) is 0 Å². The van der Waals surface area contributed by atoms with Gasteiger partial charge in [0.15, 0.2) is 0 Å². The molecular formula is C13H13F3N2O2. The molecule has 1 aliphatic rings. The van der Waals surface area contributed by atoms with Crippen LogP contribution in [0.1, 0.15) is 28.9 Å². The van der Waals surface area contributed by atoms with Crippen molar-refractivity contribution in [3.8, 4) is 0 Å². The summed E-state index contributed by atoms with van der Waals surface area (Å²) in [7, 11) is 0. The fourth-order valence-electron chi connectivity index (χ4n) is 1.80. The van der Waals surface area contributed by atoms with Gasteiger partial charge < -0.3 is 10.6 Å². The quantitative estimate of drug-likeness (QED) is 0.686. The number of nitrogen functional groups attached to an aromatic ring is 1. The van der Waals surface area contributed by atoms with E-state index in [0.717, 1.165) is 18.4 Å². The minimum absolute atomic E-state index is 0.0513. The van der Waals surface area contributed by atoms with Gasteiger partial charge in [-0.1, -0.05) is 18.2 Å². The Bertz CT molecular complexity index is 571. The van der Waals surface area contributed by atoms with Gasteiger partial charge in [-0.05, 0) is 24.5 Å². The summed E-state index contributed by atoms with van der Waals surface area (Å²) < 4.78 is 43.0. The Kier molecular flexibility index (Phi) is 3.87. The second-order valence-corrected chi connectivity index (χ2v) is 4.39. The predicted octanol–water partition coefficient (Wildman–Crippen LogP) is 2.65. The molecular weight excluding hydrogens is 273 g/mol. The van der Waals surface area contributed by atoms with Crippen molar-refractivity contribution in [1.29, 1.82) is 0 Å². The molecule has 20 heavy (non-hydrogen) atoms. The maximum atomic E-state index is 12.5. The molecule has 0 amide bonds. The van der Waals surface area contributed by atoms with Crippen LogP contribution in [0.15, 0.2) is 36.1 Å². The molecule has 0 bridgehead atoms. The molecule has 0 saturated carbocycles. The molecule has 0 radical (unpaired) electrons. The number of alkyl halides is 3.